The molecule has 30 heavy (non-hydrogen) atoms. The number of ether oxygens (including phenoxy) is 3. The summed E-state index contributed by atoms with van der Waals surface area (Å²) in [6.45, 7) is 0.204. The fourth-order valence-electron chi connectivity index (χ4n) is 2.88. The highest BCUT2D eigenvalue weighted by Gasteiger charge is 2.16. The number of methoxy groups -OCH3 is 3. The van der Waals surface area contributed by atoms with E-state index in [1.807, 2.05) is 5.38 Å². The highest BCUT2D eigenvalue weighted by Crippen LogP contribution is 2.34. The zero-order valence-corrected chi connectivity index (χ0v) is 17.7. The zero-order chi connectivity index (χ0) is 21.5. The summed E-state index contributed by atoms with van der Waals surface area (Å²) in [4.78, 5) is 25.2. The molecule has 0 unspecified atom stereocenters. The summed E-state index contributed by atoms with van der Waals surface area (Å²) in [6, 6.07) is 12.0. The van der Waals surface area contributed by atoms with Crippen LogP contribution < -0.4 is 24.8 Å². The first kappa shape index (κ1) is 21.2. The fraction of sp³-hybridized carbons (Fsp3) is 0.182. The number of amides is 2. The minimum Gasteiger partial charge on any atom is -0.496 e. The summed E-state index contributed by atoms with van der Waals surface area (Å²) in [6.07, 6.45) is 0. The van der Waals surface area contributed by atoms with Crippen LogP contribution in [-0.2, 0) is 6.54 Å². The van der Waals surface area contributed by atoms with Gasteiger partial charge in [0, 0.05) is 23.6 Å². The summed E-state index contributed by atoms with van der Waals surface area (Å²) in [7, 11) is 4.63. The van der Waals surface area contributed by atoms with E-state index < -0.39 is 0 Å². The molecule has 1 heterocycles. The van der Waals surface area contributed by atoms with Gasteiger partial charge in [-0.25, -0.2) is 0 Å². The van der Waals surface area contributed by atoms with Crippen LogP contribution in [0.4, 0.5) is 5.69 Å². The molecular weight excluding hydrogens is 404 g/mol. The van der Waals surface area contributed by atoms with E-state index in [1.54, 1.807) is 69.2 Å². The third-order valence-corrected chi connectivity index (χ3v) is 5.11. The summed E-state index contributed by atoms with van der Waals surface area (Å²) < 4.78 is 16.0. The molecule has 3 rings (SSSR count). The molecule has 2 aromatic carbocycles. The average Bonchev–Trinajstić information content (AvgIpc) is 3.32. The molecular formula is C22H22N2O5S. The first-order valence-corrected chi connectivity index (χ1v) is 10.0. The molecule has 0 fully saturated rings. The topological polar surface area (TPSA) is 85.9 Å². The molecule has 156 valence electrons. The van der Waals surface area contributed by atoms with Gasteiger partial charge in [-0.2, -0.15) is 11.3 Å². The third kappa shape index (κ3) is 4.72. The van der Waals surface area contributed by atoms with Crippen LogP contribution in [0.5, 0.6) is 17.2 Å². The first-order valence-electron chi connectivity index (χ1n) is 9.07. The lowest BCUT2D eigenvalue weighted by Crippen LogP contribution is -2.25. The number of benzene rings is 2. The van der Waals surface area contributed by atoms with Crippen LogP contribution in [0.15, 0.2) is 53.2 Å². The van der Waals surface area contributed by atoms with Crippen molar-refractivity contribution in [1.82, 2.24) is 5.32 Å². The number of rotatable bonds is 8. The fourth-order valence-corrected chi connectivity index (χ4v) is 3.52. The Kier molecular flexibility index (Phi) is 6.92. The average molecular weight is 426 g/mol. The predicted octanol–water partition coefficient (Wildman–Crippen LogP) is 3.96. The minimum atomic E-state index is -0.326. The van der Waals surface area contributed by atoms with Gasteiger partial charge in [0.15, 0.2) is 11.5 Å². The molecule has 0 saturated carbocycles. The Labute approximate surface area is 178 Å². The molecule has 0 aliphatic carbocycles. The van der Waals surface area contributed by atoms with Crippen molar-refractivity contribution in [2.45, 2.75) is 6.54 Å². The second kappa shape index (κ2) is 9.80. The van der Waals surface area contributed by atoms with Gasteiger partial charge in [-0.3, -0.25) is 9.59 Å². The van der Waals surface area contributed by atoms with E-state index in [1.165, 1.54) is 11.3 Å². The van der Waals surface area contributed by atoms with Gasteiger partial charge < -0.3 is 24.8 Å². The molecule has 8 heteroatoms. The number of para-hydroxylation sites is 1. The van der Waals surface area contributed by atoms with E-state index >= 15 is 0 Å². The number of hydrogen-bond acceptors (Lipinski definition) is 6. The van der Waals surface area contributed by atoms with Gasteiger partial charge in [0.1, 0.15) is 5.75 Å². The zero-order valence-electron chi connectivity index (χ0n) is 16.9. The van der Waals surface area contributed by atoms with E-state index in [2.05, 4.69) is 10.6 Å². The van der Waals surface area contributed by atoms with Crippen molar-refractivity contribution < 1.29 is 23.8 Å². The normalized spacial score (nSPS) is 10.2. The van der Waals surface area contributed by atoms with Gasteiger partial charge in [0.05, 0.1) is 38.1 Å². The number of hydrogen-bond donors (Lipinski definition) is 2. The molecule has 0 aliphatic rings. The van der Waals surface area contributed by atoms with Gasteiger partial charge in [-0.15, -0.1) is 0 Å². The SMILES string of the molecule is COc1cc(OC)c(OC)cc1CNC(=O)c1ccccc1NC(=O)c1ccsc1. The Balaban J connectivity index is 1.77. The molecule has 0 saturated heterocycles. The lowest BCUT2D eigenvalue weighted by molar-refractivity contribution is 0.0951. The van der Waals surface area contributed by atoms with E-state index in [4.69, 9.17) is 14.2 Å². The van der Waals surface area contributed by atoms with Crippen molar-refractivity contribution in [3.05, 3.63) is 69.9 Å². The highest BCUT2D eigenvalue weighted by atomic mass is 32.1. The molecule has 0 bridgehead atoms. The maximum absolute atomic E-state index is 12.8. The lowest BCUT2D eigenvalue weighted by atomic mass is 10.1. The smallest absolute Gasteiger partial charge is 0.256 e. The maximum Gasteiger partial charge on any atom is 0.256 e. The molecule has 3 aromatic rings. The molecule has 0 spiro atoms. The second-order valence-corrected chi connectivity index (χ2v) is 6.99. The maximum atomic E-state index is 12.8. The van der Waals surface area contributed by atoms with E-state index in [9.17, 15) is 9.59 Å². The molecule has 0 radical (unpaired) electrons. The van der Waals surface area contributed by atoms with Crippen LogP contribution in [0.1, 0.15) is 26.3 Å². The standard InChI is InChI=1S/C22H22N2O5S/c1-27-18-11-20(29-3)19(28-2)10-15(18)12-23-22(26)16-6-4-5-7-17(16)24-21(25)14-8-9-30-13-14/h4-11,13H,12H2,1-3H3,(H,23,26)(H,24,25). The van der Waals surface area contributed by atoms with Crippen molar-refractivity contribution in [3.63, 3.8) is 0 Å². The summed E-state index contributed by atoms with van der Waals surface area (Å²) in [5.41, 5.74) is 2.07. The summed E-state index contributed by atoms with van der Waals surface area (Å²) in [5, 5.41) is 9.23. The number of thiophene rings is 1. The monoisotopic (exact) mass is 426 g/mol. The Morgan fingerprint density at radius 1 is 0.900 bits per heavy atom. The van der Waals surface area contributed by atoms with Gasteiger partial charge in [-0.05, 0) is 29.6 Å². The molecule has 1 aromatic heterocycles. The molecule has 2 N–H and O–H groups in total. The van der Waals surface area contributed by atoms with Crippen LogP contribution in [-0.4, -0.2) is 33.1 Å². The van der Waals surface area contributed by atoms with E-state index in [0.29, 0.717) is 34.1 Å². The number of nitrogens with one attached hydrogen (secondary N) is 2. The van der Waals surface area contributed by atoms with Gasteiger partial charge >= 0.3 is 0 Å². The lowest BCUT2D eigenvalue weighted by Gasteiger charge is -2.15. The minimum absolute atomic E-state index is 0.204. The van der Waals surface area contributed by atoms with Gasteiger partial charge in [0.25, 0.3) is 11.8 Å². The molecule has 2 amide bonds. The molecule has 7 nitrogen and oxygen atoms in total. The first-order chi connectivity index (χ1) is 14.6. The largest absolute Gasteiger partial charge is 0.496 e. The van der Waals surface area contributed by atoms with Crippen LogP contribution in [0.25, 0.3) is 0 Å². The Morgan fingerprint density at radius 3 is 2.27 bits per heavy atom. The van der Waals surface area contributed by atoms with Crippen molar-refractivity contribution >= 4 is 28.8 Å². The van der Waals surface area contributed by atoms with E-state index in [0.717, 1.165) is 5.56 Å². The quantitative estimate of drug-likeness (QED) is 0.570. The van der Waals surface area contributed by atoms with Crippen molar-refractivity contribution in [3.8, 4) is 17.2 Å². The van der Waals surface area contributed by atoms with Gasteiger partial charge in [-0.1, -0.05) is 12.1 Å². The number of anilines is 1. The van der Waals surface area contributed by atoms with Crippen LogP contribution in [0.2, 0.25) is 0 Å². The van der Waals surface area contributed by atoms with Gasteiger partial charge in [0.2, 0.25) is 0 Å². The molecule has 0 atom stereocenters. The van der Waals surface area contributed by atoms with Crippen molar-refractivity contribution in [2.75, 3.05) is 26.6 Å². The van der Waals surface area contributed by atoms with E-state index in [-0.39, 0.29) is 18.4 Å². The third-order valence-electron chi connectivity index (χ3n) is 4.43. The van der Waals surface area contributed by atoms with Crippen LogP contribution in [0, 0.1) is 0 Å². The predicted molar refractivity (Wildman–Crippen MR) is 116 cm³/mol. The number of carbonyl (C=O) groups excluding carboxylic acids is 2. The summed E-state index contributed by atoms with van der Waals surface area (Å²) in [5.74, 6) is 1.04. The van der Waals surface area contributed by atoms with Crippen LogP contribution in [0.3, 0.4) is 0 Å². The van der Waals surface area contributed by atoms with Crippen LogP contribution >= 0.6 is 11.3 Å². The Hall–Kier alpha value is -3.52. The van der Waals surface area contributed by atoms with Crippen molar-refractivity contribution in [1.29, 1.82) is 0 Å². The summed E-state index contributed by atoms with van der Waals surface area (Å²) >= 11 is 1.43. The molecule has 0 aliphatic heterocycles. The highest BCUT2D eigenvalue weighted by molar-refractivity contribution is 7.08. The van der Waals surface area contributed by atoms with Crippen molar-refractivity contribution in [2.24, 2.45) is 0 Å². The Morgan fingerprint density at radius 2 is 1.60 bits per heavy atom. The Bertz CT molecular complexity index is 1030. The number of carbonyl (C=O) groups is 2. The second-order valence-electron chi connectivity index (χ2n) is 6.21.